The van der Waals surface area contributed by atoms with Gasteiger partial charge in [0, 0.05) is 10.8 Å². The van der Waals surface area contributed by atoms with Crippen molar-refractivity contribution in [3.8, 4) is 0 Å². The van der Waals surface area contributed by atoms with Gasteiger partial charge in [-0.1, -0.05) is 13.8 Å². The molecule has 0 amide bonds. The van der Waals surface area contributed by atoms with Crippen molar-refractivity contribution in [2.24, 2.45) is 16.7 Å². The number of ether oxygens (including phenoxy) is 1. The van der Waals surface area contributed by atoms with Gasteiger partial charge in [0.05, 0.1) is 12.7 Å². The minimum atomic E-state index is 0.553. The highest BCUT2D eigenvalue weighted by Crippen LogP contribution is 2.70. The monoisotopic (exact) mass is 152 g/mol. The van der Waals surface area contributed by atoms with E-state index in [2.05, 4.69) is 13.8 Å². The van der Waals surface area contributed by atoms with Gasteiger partial charge in [0.15, 0.2) is 0 Å². The highest BCUT2D eigenvalue weighted by molar-refractivity contribution is 5.16. The Hall–Kier alpha value is -0.0400. The van der Waals surface area contributed by atoms with Crippen molar-refractivity contribution >= 4 is 0 Å². The van der Waals surface area contributed by atoms with Crippen LogP contribution in [0.25, 0.3) is 0 Å². The van der Waals surface area contributed by atoms with Crippen LogP contribution < -0.4 is 0 Å². The molecular weight excluding hydrogens is 136 g/mol. The normalized spacial score (nSPS) is 66.0. The van der Waals surface area contributed by atoms with Gasteiger partial charge in [-0.2, -0.15) is 0 Å². The Kier molecular flexibility index (Phi) is 0.893. The molecule has 2 aliphatic carbocycles. The highest BCUT2D eigenvalue weighted by atomic mass is 16.5. The molecule has 3 fully saturated rings. The molecule has 62 valence electrons. The predicted octanol–water partition coefficient (Wildman–Crippen LogP) is 2.21. The SMILES string of the molecule is C[C@]12CO[C@@H]3C[C@@H]1CC[C@@]32C. The first-order chi connectivity index (χ1) is 5.17. The average Bonchev–Trinajstić information content (AvgIpc) is 2.45. The summed E-state index contributed by atoms with van der Waals surface area (Å²) in [5.41, 5.74) is 1.11. The molecular formula is C10H16O. The van der Waals surface area contributed by atoms with E-state index in [9.17, 15) is 0 Å². The highest BCUT2D eigenvalue weighted by Gasteiger charge is 2.68. The Morgan fingerprint density at radius 2 is 2.09 bits per heavy atom. The van der Waals surface area contributed by atoms with E-state index in [1.165, 1.54) is 19.3 Å². The molecule has 3 rings (SSSR count). The smallest absolute Gasteiger partial charge is 0.0638 e. The first kappa shape index (κ1) is 6.47. The van der Waals surface area contributed by atoms with E-state index in [1.54, 1.807) is 0 Å². The molecule has 0 aromatic carbocycles. The third-order valence-electron chi connectivity index (χ3n) is 5.01. The van der Waals surface area contributed by atoms with E-state index in [0.29, 0.717) is 16.9 Å². The molecule has 4 atom stereocenters. The van der Waals surface area contributed by atoms with Crippen LogP contribution in [0.4, 0.5) is 0 Å². The molecule has 1 heterocycles. The van der Waals surface area contributed by atoms with Crippen LogP contribution in [0.5, 0.6) is 0 Å². The van der Waals surface area contributed by atoms with Gasteiger partial charge in [0.25, 0.3) is 0 Å². The molecule has 3 aliphatic rings. The zero-order valence-electron chi connectivity index (χ0n) is 7.39. The zero-order valence-corrected chi connectivity index (χ0v) is 7.39. The van der Waals surface area contributed by atoms with Crippen LogP contribution in [0.2, 0.25) is 0 Å². The Labute approximate surface area is 68.1 Å². The number of rotatable bonds is 0. The number of hydrogen-bond acceptors (Lipinski definition) is 1. The van der Waals surface area contributed by atoms with E-state index in [4.69, 9.17) is 4.74 Å². The fourth-order valence-electron chi connectivity index (χ4n) is 3.78. The number of hydrogen-bond donors (Lipinski definition) is 0. The fraction of sp³-hybridized carbons (Fsp3) is 1.00. The first-order valence-electron chi connectivity index (χ1n) is 4.78. The lowest BCUT2D eigenvalue weighted by molar-refractivity contribution is 0.00996. The fourth-order valence-corrected chi connectivity index (χ4v) is 3.78. The van der Waals surface area contributed by atoms with Crippen molar-refractivity contribution < 1.29 is 4.74 Å². The summed E-state index contributed by atoms with van der Waals surface area (Å²) < 4.78 is 5.79. The van der Waals surface area contributed by atoms with Crippen molar-refractivity contribution in [2.45, 2.75) is 39.2 Å². The molecule has 0 aromatic heterocycles. The summed E-state index contributed by atoms with van der Waals surface area (Å²) in [7, 11) is 0. The average molecular weight is 152 g/mol. The first-order valence-corrected chi connectivity index (χ1v) is 4.78. The van der Waals surface area contributed by atoms with Crippen molar-refractivity contribution in [2.75, 3.05) is 6.61 Å². The van der Waals surface area contributed by atoms with Gasteiger partial charge in [-0.05, 0) is 25.2 Å². The summed E-state index contributed by atoms with van der Waals surface area (Å²) in [6, 6.07) is 0. The summed E-state index contributed by atoms with van der Waals surface area (Å²) in [6.07, 6.45) is 4.85. The van der Waals surface area contributed by atoms with E-state index in [1.807, 2.05) is 0 Å². The molecule has 1 aliphatic heterocycles. The molecule has 0 radical (unpaired) electrons. The molecule has 0 aromatic rings. The second-order valence-electron chi connectivity index (χ2n) is 5.11. The molecule has 2 saturated carbocycles. The Morgan fingerprint density at radius 1 is 1.27 bits per heavy atom. The lowest BCUT2D eigenvalue weighted by atomic mass is 9.71. The van der Waals surface area contributed by atoms with Gasteiger partial charge >= 0.3 is 0 Å². The standard InChI is InChI=1S/C10H16O/c1-9-4-3-7-5-8(9)11-6-10(7,9)2/h7-8H,3-6H2,1-2H3/t7-,8+,9-,10-/m0/s1. The van der Waals surface area contributed by atoms with Crippen LogP contribution in [0.1, 0.15) is 33.1 Å². The van der Waals surface area contributed by atoms with Crippen molar-refractivity contribution in [3.63, 3.8) is 0 Å². The molecule has 11 heavy (non-hydrogen) atoms. The van der Waals surface area contributed by atoms with Crippen molar-refractivity contribution in [3.05, 3.63) is 0 Å². The van der Waals surface area contributed by atoms with E-state index in [0.717, 1.165) is 12.5 Å². The topological polar surface area (TPSA) is 9.23 Å². The Morgan fingerprint density at radius 3 is 2.55 bits per heavy atom. The second-order valence-corrected chi connectivity index (χ2v) is 5.11. The van der Waals surface area contributed by atoms with Crippen LogP contribution in [0, 0.1) is 16.7 Å². The lowest BCUT2D eigenvalue weighted by Gasteiger charge is -2.31. The lowest BCUT2D eigenvalue weighted by Crippen LogP contribution is -2.30. The van der Waals surface area contributed by atoms with Crippen molar-refractivity contribution in [1.82, 2.24) is 0 Å². The summed E-state index contributed by atoms with van der Waals surface area (Å²) in [4.78, 5) is 0. The Balaban J connectivity index is 2.15. The summed E-state index contributed by atoms with van der Waals surface area (Å²) in [5, 5.41) is 0. The van der Waals surface area contributed by atoms with Gasteiger partial charge < -0.3 is 4.74 Å². The van der Waals surface area contributed by atoms with Gasteiger partial charge in [-0.15, -0.1) is 0 Å². The largest absolute Gasteiger partial charge is 0.377 e. The molecule has 4 bridgehead atoms. The maximum atomic E-state index is 5.79. The van der Waals surface area contributed by atoms with E-state index < -0.39 is 0 Å². The molecule has 1 saturated heterocycles. The maximum absolute atomic E-state index is 5.79. The van der Waals surface area contributed by atoms with Crippen LogP contribution in [0.15, 0.2) is 0 Å². The van der Waals surface area contributed by atoms with Crippen LogP contribution in [-0.2, 0) is 4.74 Å². The minimum absolute atomic E-state index is 0.553. The minimum Gasteiger partial charge on any atom is -0.377 e. The summed E-state index contributed by atoms with van der Waals surface area (Å²) >= 11 is 0. The van der Waals surface area contributed by atoms with E-state index >= 15 is 0 Å². The zero-order chi connectivity index (χ0) is 7.69. The molecule has 0 unspecified atom stereocenters. The molecule has 0 spiro atoms. The second kappa shape index (κ2) is 1.52. The Bertz CT molecular complexity index is 191. The van der Waals surface area contributed by atoms with Crippen LogP contribution in [-0.4, -0.2) is 12.7 Å². The molecule has 1 nitrogen and oxygen atoms in total. The third-order valence-corrected chi connectivity index (χ3v) is 5.01. The van der Waals surface area contributed by atoms with Gasteiger partial charge in [-0.3, -0.25) is 0 Å². The van der Waals surface area contributed by atoms with Crippen LogP contribution >= 0.6 is 0 Å². The predicted molar refractivity (Wildman–Crippen MR) is 43.3 cm³/mol. The quantitative estimate of drug-likeness (QED) is 0.517. The van der Waals surface area contributed by atoms with E-state index in [-0.39, 0.29) is 0 Å². The third kappa shape index (κ3) is 0.462. The van der Waals surface area contributed by atoms with Gasteiger partial charge in [-0.25, -0.2) is 0 Å². The summed E-state index contributed by atoms with van der Waals surface area (Å²) in [5.74, 6) is 0.992. The van der Waals surface area contributed by atoms with Gasteiger partial charge in [0.1, 0.15) is 0 Å². The summed E-state index contributed by atoms with van der Waals surface area (Å²) in [6.45, 7) is 5.92. The van der Waals surface area contributed by atoms with Crippen LogP contribution in [0.3, 0.4) is 0 Å². The molecule has 0 N–H and O–H groups in total. The maximum Gasteiger partial charge on any atom is 0.0638 e. The van der Waals surface area contributed by atoms with Gasteiger partial charge in [0.2, 0.25) is 0 Å². The van der Waals surface area contributed by atoms with Crippen molar-refractivity contribution in [1.29, 1.82) is 0 Å². The molecule has 1 heteroatoms.